The Labute approximate surface area is 114 Å². The van der Waals surface area contributed by atoms with Gasteiger partial charge in [-0.3, -0.25) is 4.79 Å². The zero-order valence-corrected chi connectivity index (χ0v) is 11.6. The fourth-order valence-corrected chi connectivity index (χ4v) is 2.74. The summed E-state index contributed by atoms with van der Waals surface area (Å²) >= 11 is 0. The summed E-state index contributed by atoms with van der Waals surface area (Å²) in [6, 6.07) is 10.3. The van der Waals surface area contributed by atoms with Crippen LogP contribution in [0.3, 0.4) is 0 Å². The Balaban J connectivity index is 2.02. The molecule has 0 saturated heterocycles. The van der Waals surface area contributed by atoms with E-state index in [2.05, 4.69) is 6.07 Å². The molecule has 1 aliphatic carbocycles. The molecule has 3 nitrogen and oxygen atoms in total. The van der Waals surface area contributed by atoms with Gasteiger partial charge in [0.2, 0.25) is 0 Å². The summed E-state index contributed by atoms with van der Waals surface area (Å²) in [5.41, 5.74) is 1.86. The van der Waals surface area contributed by atoms with Crippen LogP contribution in [0.25, 0.3) is 0 Å². The van der Waals surface area contributed by atoms with Gasteiger partial charge >= 0.3 is 0 Å². The molecule has 19 heavy (non-hydrogen) atoms. The molecule has 0 N–H and O–H groups in total. The van der Waals surface area contributed by atoms with Gasteiger partial charge in [-0.05, 0) is 44.7 Å². The number of nitriles is 1. The van der Waals surface area contributed by atoms with Gasteiger partial charge in [0.05, 0.1) is 6.07 Å². The summed E-state index contributed by atoms with van der Waals surface area (Å²) in [6.45, 7) is 1.99. The van der Waals surface area contributed by atoms with Crippen molar-refractivity contribution in [2.24, 2.45) is 5.92 Å². The van der Waals surface area contributed by atoms with Crippen molar-refractivity contribution in [2.75, 3.05) is 7.05 Å². The monoisotopic (exact) mass is 256 g/mol. The van der Waals surface area contributed by atoms with Crippen molar-refractivity contribution in [1.82, 2.24) is 4.90 Å². The Morgan fingerprint density at radius 2 is 2.00 bits per heavy atom. The van der Waals surface area contributed by atoms with Gasteiger partial charge in [-0.2, -0.15) is 5.26 Å². The maximum atomic E-state index is 12.4. The van der Waals surface area contributed by atoms with Crippen LogP contribution < -0.4 is 0 Å². The van der Waals surface area contributed by atoms with Gasteiger partial charge in [0.1, 0.15) is 0 Å². The summed E-state index contributed by atoms with van der Waals surface area (Å²) in [5, 5.41) is 8.90. The molecule has 1 fully saturated rings. The second-order valence-corrected chi connectivity index (χ2v) is 5.42. The van der Waals surface area contributed by atoms with Crippen LogP contribution in [0.15, 0.2) is 24.3 Å². The second-order valence-electron chi connectivity index (χ2n) is 5.42. The fraction of sp³-hybridized carbons (Fsp3) is 0.500. The first-order valence-electron chi connectivity index (χ1n) is 6.85. The van der Waals surface area contributed by atoms with E-state index in [0.29, 0.717) is 0 Å². The van der Waals surface area contributed by atoms with Crippen molar-refractivity contribution < 1.29 is 4.79 Å². The average molecular weight is 256 g/mol. The quantitative estimate of drug-likeness (QED) is 0.816. The normalized spacial score (nSPS) is 22.6. The van der Waals surface area contributed by atoms with Crippen molar-refractivity contribution in [3.8, 4) is 6.07 Å². The van der Waals surface area contributed by atoms with Crippen LogP contribution in [0.1, 0.15) is 41.6 Å². The van der Waals surface area contributed by atoms with E-state index in [1.54, 1.807) is 0 Å². The van der Waals surface area contributed by atoms with E-state index in [-0.39, 0.29) is 17.9 Å². The molecule has 0 spiro atoms. The van der Waals surface area contributed by atoms with Gasteiger partial charge in [0.15, 0.2) is 0 Å². The van der Waals surface area contributed by atoms with Crippen LogP contribution in [0.5, 0.6) is 0 Å². The molecule has 3 heteroatoms. The average Bonchev–Trinajstić information content (AvgIpc) is 2.46. The van der Waals surface area contributed by atoms with E-state index in [9.17, 15) is 4.79 Å². The van der Waals surface area contributed by atoms with Gasteiger partial charge in [-0.15, -0.1) is 0 Å². The number of carbonyl (C=O) groups excluding carboxylic acids is 1. The van der Waals surface area contributed by atoms with E-state index >= 15 is 0 Å². The molecule has 1 saturated carbocycles. The summed E-state index contributed by atoms with van der Waals surface area (Å²) in [4.78, 5) is 14.3. The summed E-state index contributed by atoms with van der Waals surface area (Å²) in [6.07, 6.45) is 3.69. The molecule has 1 aliphatic rings. The summed E-state index contributed by atoms with van der Waals surface area (Å²) in [7, 11) is 1.88. The minimum Gasteiger partial charge on any atom is -0.339 e. The molecule has 1 amide bonds. The lowest BCUT2D eigenvalue weighted by atomic mass is 9.86. The molecule has 1 aromatic rings. The topological polar surface area (TPSA) is 44.1 Å². The predicted molar refractivity (Wildman–Crippen MR) is 74.6 cm³/mol. The molecule has 0 aromatic heterocycles. The lowest BCUT2D eigenvalue weighted by Crippen LogP contribution is -2.39. The highest BCUT2D eigenvalue weighted by molar-refractivity contribution is 5.94. The van der Waals surface area contributed by atoms with Gasteiger partial charge in [0.25, 0.3) is 5.91 Å². The molecular formula is C16H20N2O. The minimum absolute atomic E-state index is 0.0871. The Hall–Kier alpha value is -1.82. The van der Waals surface area contributed by atoms with Gasteiger partial charge in [-0.25, -0.2) is 0 Å². The van der Waals surface area contributed by atoms with Crippen molar-refractivity contribution in [2.45, 2.75) is 38.6 Å². The van der Waals surface area contributed by atoms with Crippen molar-refractivity contribution in [3.63, 3.8) is 0 Å². The molecule has 0 radical (unpaired) electrons. The summed E-state index contributed by atoms with van der Waals surface area (Å²) in [5.74, 6) is 0.267. The number of amides is 1. The number of hydrogen-bond acceptors (Lipinski definition) is 2. The lowest BCUT2D eigenvalue weighted by Gasteiger charge is -2.32. The Morgan fingerprint density at radius 3 is 2.58 bits per heavy atom. The largest absolute Gasteiger partial charge is 0.339 e. The van der Waals surface area contributed by atoms with Gasteiger partial charge in [-0.1, -0.05) is 17.7 Å². The zero-order chi connectivity index (χ0) is 13.8. The highest BCUT2D eigenvalue weighted by Gasteiger charge is 2.26. The van der Waals surface area contributed by atoms with Crippen molar-refractivity contribution in [3.05, 3.63) is 35.4 Å². The minimum atomic E-state index is 0.0871. The maximum Gasteiger partial charge on any atom is 0.253 e. The molecule has 0 atom stereocenters. The molecule has 100 valence electrons. The fourth-order valence-electron chi connectivity index (χ4n) is 2.74. The maximum absolute atomic E-state index is 12.4. The molecule has 0 bridgehead atoms. The molecule has 1 aromatic carbocycles. The number of rotatable bonds is 2. The van der Waals surface area contributed by atoms with Crippen molar-refractivity contribution >= 4 is 5.91 Å². The Morgan fingerprint density at radius 1 is 1.32 bits per heavy atom. The summed E-state index contributed by atoms with van der Waals surface area (Å²) < 4.78 is 0. The second kappa shape index (κ2) is 5.88. The first kappa shape index (κ1) is 13.6. The first-order valence-corrected chi connectivity index (χ1v) is 6.85. The van der Waals surface area contributed by atoms with Gasteiger partial charge in [0, 0.05) is 24.6 Å². The Bertz CT molecular complexity index is 496. The van der Waals surface area contributed by atoms with E-state index < -0.39 is 0 Å². The standard InChI is InChI=1S/C16H20N2O/c1-12-4-3-5-14(10-12)16(19)18(2)15-8-6-13(11-17)7-9-15/h3-5,10,13,15H,6-9H2,1-2H3. The zero-order valence-electron chi connectivity index (χ0n) is 11.6. The highest BCUT2D eigenvalue weighted by Crippen LogP contribution is 2.27. The molecule has 2 rings (SSSR count). The van der Waals surface area contributed by atoms with Gasteiger partial charge < -0.3 is 4.90 Å². The van der Waals surface area contributed by atoms with E-state index in [0.717, 1.165) is 36.8 Å². The van der Waals surface area contributed by atoms with Crippen LogP contribution in [-0.4, -0.2) is 23.9 Å². The predicted octanol–water partition coefficient (Wildman–Crippen LogP) is 3.15. The van der Waals surface area contributed by atoms with Crippen LogP contribution in [0.4, 0.5) is 0 Å². The van der Waals surface area contributed by atoms with Crippen LogP contribution in [0.2, 0.25) is 0 Å². The number of nitrogens with zero attached hydrogens (tertiary/aromatic N) is 2. The molecule has 0 unspecified atom stereocenters. The van der Waals surface area contributed by atoms with Crippen molar-refractivity contribution in [1.29, 1.82) is 5.26 Å². The Kier molecular flexibility index (Phi) is 4.21. The lowest BCUT2D eigenvalue weighted by molar-refractivity contribution is 0.0686. The third-order valence-corrected chi connectivity index (χ3v) is 4.01. The first-order chi connectivity index (χ1) is 9.11. The van der Waals surface area contributed by atoms with E-state index in [4.69, 9.17) is 5.26 Å². The number of hydrogen-bond donors (Lipinski definition) is 0. The SMILES string of the molecule is Cc1cccc(C(=O)N(C)C2CCC(C#N)CC2)c1. The number of benzene rings is 1. The highest BCUT2D eigenvalue weighted by atomic mass is 16.2. The number of aryl methyl sites for hydroxylation is 1. The third-order valence-electron chi connectivity index (χ3n) is 4.01. The van der Waals surface area contributed by atoms with Crippen LogP contribution in [0, 0.1) is 24.2 Å². The van der Waals surface area contributed by atoms with E-state index in [1.165, 1.54) is 0 Å². The molecule has 0 heterocycles. The number of carbonyl (C=O) groups is 1. The molecule has 0 aliphatic heterocycles. The van der Waals surface area contributed by atoms with Crippen LogP contribution >= 0.6 is 0 Å². The molecular weight excluding hydrogens is 236 g/mol. The van der Waals surface area contributed by atoms with E-state index in [1.807, 2.05) is 43.1 Å². The smallest absolute Gasteiger partial charge is 0.253 e. The van der Waals surface area contributed by atoms with Crippen LogP contribution in [-0.2, 0) is 0 Å². The third kappa shape index (κ3) is 3.14.